The number of piperazine rings is 1. The number of hydrogen-bond donors (Lipinski definition) is 1. The highest BCUT2D eigenvalue weighted by atomic mass is 19.1. The van der Waals surface area contributed by atoms with Gasteiger partial charge in [-0.1, -0.05) is 30.3 Å². The molecule has 0 aliphatic carbocycles. The summed E-state index contributed by atoms with van der Waals surface area (Å²) in [5, 5.41) is 3.06. The minimum Gasteiger partial charge on any atom is -0.484 e. The van der Waals surface area contributed by atoms with E-state index in [1.807, 2.05) is 56.6 Å². The number of anilines is 2. The van der Waals surface area contributed by atoms with Gasteiger partial charge in [0.2, 0.25) is 0 Å². The Morgan fingerprint density at radius 2 is 1.60 bits per heavy atom. The summed E-state index contributed by atoms with van der Waals surface area (Å²) in [6.07, 6.45) is 0. The number of nitrogens with zero attached hydrogens (tertiary/aromatic N) is 3. The predicted molar refractivity (Wildman–Crippen MR) is 139 cm³/mol. The monoisotopic (exact) mass is 476 g/mol. The van der Waals surface area contributed by atoms with E-state index in [0.717, 1.165) is 43.1 Å². The van der Waals surface area contributed by atoms with Crippen molar-refractivity contribution in [2.24, 2.45) is 0 Å². The molecule has 1 aliphatic rings. The van der Waals surface area contributed by atoms with E-state index in [1.165, 1.54) is 12.1 Å². The summed E-state index contributed by atoms with van der Waals surface area (Å²) < 4.78 is 18.9. The lowest BCUT2D eigenvalue weighted by molar-refractivity contribution is -0.123. The van der Waals surface area contributed by atoms with Crippen LogP contribution in [0.4, 0.5) is 15.8 Å². The number of carbonyl (C=O) groups is 1. The second kappa shape index (κ2) is 11.7. The smallest absolute Gasteiger partial charge is 0.258 e. The zero-order chi connectivity index (χ0) is 24.6. The summed E-state index contributed by atoms with van der Waals surface area (Å²) in [6.45, 7) is 3.83. The van der Waals surface area contributed by atoms with Gasteiger partial charge in [0.25, 0.3) is 5.91 Å². The largest absolute Gasteiger partial charge is 0.484 e. The van der Waals surface area contributed by atoms with Crippen LogP contribution < -0.4 is 19.9 Å². The Bertz CT molecular complexity index is 1070. The predicted octanol–water partition coefficient (Wildman–Crippen LogP) is 3.95. The number of carbonyl (C=O) groups excluding carboxylic acids is 1. The highest BCUT2D eigenvalue weighted by Gasteiger charge is 2.26. The van der Waals surface area contributed by atoms with Crippen LogP contribution >= 0.6 is 0 Å². The fraction of sp³-hybridized carbons (Fsp3) is 0.321. The maximum absolute atomic E-state index is 13.3. The van der Waals surface area contributed by atoms with Gasteiger partial charge in [-0.25, -0.2) is 4.39 Å². The lowest BCUT2D eigenvalue weighted by Crippen LogP contribution is -2.50. The van der Waals surface area contributed by atoms with E-state index in [0.29, 0.717) is 12.3 Å². The second-order valence-corrected chi connectivity index (χ2v) is 8.91. The van der Waals surface area contributed by atoms with Crippen molar-refractivity contribution in [2.45, 2.75) is 6.04 Å². The number of hydrogen-bond acceptors (Lipinski definition) is 5. The van der Waals surface area contributed by atoms with Gasteiger partial charge in [0.05, 0.1) is 6.04 Å². The van der Waals surface area contributed by atoms with Crippen LogP contribution in [0.2, 0.25) is 0 Å². The van der Waals surface area contributed by atoms with Gasteiger partial charge < -0.3 is 19.9 Å². The molecule has 1 fully saturated rings. The number of nitrogens with one attached hydrogen (secondary N) is 1. The van der Waals surface area contributed by atoms with Crippen molar-refractivity contribution in [3.8, 4) is 5.75 Å². The molecule has 1 unspecified atom stereocenters. The first-order chi connectivity index (χ1) is 17.0. The Morgan fingerprint density at radius 3 is 2.23 bits per heavy atom. The first kappa shape index (κ1) is 24.5. The Hall–Kier alpha value is -3.58. The van der Waals surface area contributed by atoms with E-state index >= 15 is 0 Å². The van der Waals surface area contributed by atoms with Crippen LogP contribution in [0.1, 0.15) is 11.6 Å². The van der Waals surface area contributed by atoms with E-state index in [2.05, 4.69) is 44.3 Å². The normalized spacial score (nSPS) is 14.9. The lowest BCUT2D eigenvalue weighted by atomic mass is 10.0. The van der Waals surface area contributed by atoms with Crippen molar-refractivity contribution < 1.29 is 13.9 Å². The molecule has 0 saturated carbocycles. The van der Waals surface area contributed by atoms with Gasteiger partial charge in [-0.05, 0) is 54.1 Å². The maximum atomic E-state index is 13.3. The molecular formula is C28H33FN4O2. The van der Waals surface area contributed by atoms with Crippen LogP contribution in [-0.4, -0.2) is 64.2 Å². The van der Waals surface area contributed by atoms with E-state index < -0.39 is 0 Å². The van der Waals surface area contributed by atoms with Crippen LogP contribution in [0.5, 0.6) is 5.75 Å². The molecule has 1 amide bonds. The van der Waals surface area contributed by atoms with Crippen molar-refractivity contribution in [1.29, 1.82) is 0 Å². The van der Waals surface area contributed by atoms with Gasteiger partial charge in [-0.2, -0.15) is 0 Å². The average Bonchev–Trinajstić information content (AvgIpc) is 2.89. The number of rotatable bonds is 9. The van der Waals surface area contributed by atoms with E-state index in [9.17, 15) is 9.18 Å². The first-order valence-corrected chi connectivity index (χ1v) is 12.0. The molecule has 1 aliphatic heterocycles. The Balaban J connectivity index is 1.40. The summed E-state index contributed by atoms with van der Waals surface area (Å²) in [7, 11) is 4.04. The summed E-state index contributed by atoms with van der Waals surface area (Å²) >= 11 is 0. The Kier molecular flexibility index (Phi) is 8.21. The highest BCUT2D eigenvalue weighted by molar-refractivity contribution is 5.77. The molecule has 3 aromatic carbocycles. The maximum Gasteiger partial charge on any atom is 0.258 e. The minimum atomic E-state index is -0.222. The van der Waals surface area contributed by atoms with Gasteiger partial charge in [0.1, 0.15) is 11.6 Å². The van der Waals surface area contributed by atoms with Gasteiger partial charge in [-0.3, -0.25) is 9.69 Å². The van der Waals surface area contributed by atoms with Crippen LogP contribution in [0, 0.1) is 5.82 Å². The third-order valence-corrected chi connectivity index (χ3v) is 6.35. The third-order valence-electron chi connectivity index (χ3n) is 6.35. The minimum absolute atomic E-state index is 0.0192. The van der Waals surface area contributed by atoms with Gasteiger partial charge in [0.15, 0.2) is 6.61 Å². The topological polar surface area (TPSA) is 48.1 Å². The van der Waals surface area contributed by atoms with Crippen molar-refractivity contribution in [2.75, 3.05) is 63.2 Å². The molecule has 1 heterocycles. The number of ether oxygens (including phenoxy) is 1. The van der Waals surface area contributed by atoms with E-state index in [-0.39, 0.29) is 24.4 Å². The van der Waals surface area contributed by atoms with Crippen molar-refractivity contribution in [3.05, 3.63) is 90.2 Å². The van der Waals surface area contributed by atoms with E-state index in [1.54, 1.807) is 0 Å². The zero-order valence-corrected chi connectivity index (χ0v) is 20.4. The molecule has 3 aromatic rings. The van der Waals surface area contributed by atoms with Gasteiger partial charge in [-0.15, -0.1) is 0 Å². The molecule has 1 N–H and O–H groups in total. The summed E-state index contributed by atoms with van der Waals surface area (Å²) in [5.74, 6) is 0.310. The number of halogens is 1. The molecule has 184 valence electrons. The molecule has 4 rings (SSSR count). The fourth-order valence-corrected chi connectivity index (χ4v) is 4.32. The molecule has 35 heavy (non-hydrogen) atoms. The van der Waals surface area contributed by atoms with Crippen LogP contribution in [0.15, 0.2) is 78.9 Å². The lowest BCUT2D eigenvalue weighted by Gasteiger charge is -2.40. The van der Waals surface area contributed by atoms with Crippen LogP contribution in [-0.2, 0) is 4.79 Å². The summed E-state index contributed by atoms with van der Waals surface area (Å²) in [6, 6.07) is 24.5. The molecule has 0 radical (unpaired) electrons. The number of para-hydroxylation sites is 1. The molecule has 1 saturated heterocycles. The van der Waals surface area contributed by atoms with E-state index in [4.69, 9.17) is 4.74 Å². The highest BCUT2D eigenvalue weighted by Crippen LogP contribution is 2.26. The fourth-order valence-electron chi connectivity index (χ4n) is 4.32. The Morgan fingerprint density at radius 1 is 0.943 bits per heavy atom. The summed E-state index contributed by atoms with van der Waals surface area (Å²) in [4.78, 5) is 19.3. The molecule has 7 heteroatoms. The zero-order valence-electron chi connectivity index (χ0n) is 20.4. The second-order valence-electron chi connectivity index (χ2n) is 8.91. The standard InChI is InChI=1S/C28H33FN4O2/c1-31(2)24-12-8-22(9-13-24)27(20-30-28(34)21-35-26-6-4-3-5-7-26)33-18-16-32(17-19-33)25-14-10-23(29)11-15-25/h3-15,27H,16-21H2,1-2H3,(H,30,34). The van der Waals surface area contributed by atoms with Crippen LogP contribution in [0.25, 0.3) is 0 Å². The van der Waals surface area contributed by atoms with Gasteiger partial charge >= 0.3 is 0 Å². The van der Waals surface area contributed by atoms with Crippen molar-refractivity contribution in [1.82, 2.24) is 10.2 Å². The van der Waals surface area contributed by atoms with Crippen LogP contribution in [0.3, 0.4) is 0 Å². The van der Waals surface area contributed by atoms with Gasteiger partial charge in [0, 0.05) is 58.2 Å². The SMILES string of the molecule is CN(C)c1ccc(C(CNC(=O)COc2ccccc2)N2CCN(c3ccc(F)cc3)CC2)cc1. The molecule has 6 nitrogen and oxygen atoms in total. The average molecular weight is 477 g/mol. The first-order valence-electron chi connectivity index (χ1n) is 12.0. The quantitative estimate of drug-likeness (QED) is 0.507. The molecule has 1 atom stereocenters. The summed E-state index contributed by atoms with van der Waals surface area (Å²) in [5.41, 5.74) is 3.33. The molecule has 0 aromatic heterocycles. The molecular weight excluding hydrogens is 443 g/mol. The molecule has 0 spiro atoms. The molecule has 0 bridgehead atoms. The van der Waals surface area contributed by atoms with Crippen molar-refractivity contribution in [3.63, 3.8) is 0 Å². The number of benzene rings is 3. The third kappa shape index (κ3) is 6.73. The van der Waals surface area contributed by atoms with Crippen molar-refractivity contribution >= 4 is 17.3 Å². The Labute approximate surface area is 206 Å². The number of amides is 1.